The van der Waals surface area contributed by atoms with Gasteiger partial charge >= 0.3 is 0 Å². The van der Waals surface area contributed by atoms with Gasteiger partial charge in [0.1, 0.15) is 0 Å². The Morgan fingerprint density at radius 1 is 1.10 bits per heavy atom. The Morgan fingerprint density at radius 2 is 1.60 bits per heavy atom. The Kier molecular flexibility index (Phi) is 1.70. The number of benzene rings is 1. The molecule has 0 atom stereocenters. The van der Waals surface area contributed by atoms with Crippen molar-refractivity contribution in [1.82, 2.24) is 0 Å². The monoisotopic (exact) mass is 166 g/mol. The molecule has 0 spiro atoms. The molecule has 1 aromatic rings. The molecule has 0 aromatic heterocycles. The Bertz CT molecular complexity index is 224. The van der Waals surface area contributed by atoms with Crippen LogP contribution in [0.1, 0.15) is 0 Å². The van der Waals surface area contributed by atoms with Crippen molar-refractivity contribution in [2.45, 2.75) is 16.6 Å². The molecule has 50 valence electrons. The molecule has 0 fully saturated rings. The molecule has 2 rings (SSSR count). The molecule has 1 aliphatic rings. The molecule has 1 heterocycles. The minimum atomic E-state index is 0.706. The third-order valence-electron chi connectivity index (χ3n) is 1.44. The van der Waals surface area contributed by atoms with Gasteiger partial charge in [-0.05, 0) is 12.1 Å². The fraction of sp³-hybridized carbons (Fsp3) is 0.143. The zero-order chi connectivity index (χ0) is 6.97. The molecule has 0 unspecified atom stereocenters. The Labute approximate surface area is 69.7 Å². The van der Waals surface area contributed by atoms with Crippen LogP contribution in [0, 0.1) is 0 Å². The molecule has 10 heavy (non-hydrogen) atoms. The highest BCUT2D eigenvalue weighted by Gasteiger charge is 2.20. The van der Waals surface area contributed by atoms with Gasteiger partial charge in [0, 0.05) is 9.79 Å². The summed E-state index contributed by atoms with van der Waals surface area (Å²) in [4.78, 5) is 2.89. The Balaban J connectivity index is 2.42. The largest absolute Gasteiger partial charge is 0.282 e. The SMILES string of the molecule is CB1Sc2ccccc2S1. The molecule has 0 radical (unpaired) electrons. The van der Waals surface area contributed by atoms with E-state index in [1.807, 2.05) is 23.2 Å². The summed E-state index contributed by atoms with van der Waals surface area (Å²) in [6.07, 6.45) is 0. The summed E-state index contributed by atoms with van der Waals surface area (Å²) in [5.74, 6) is 0. The maximum atomic E-state index is 2.25. The number of hydrogen-bond donors (Lipinski definition) is 0. The number of hydrogen-bond acceptors (Lipinski definition) is 2. The van der Waals surface area contributed by atoms with E-state index in [1.165, 1.54) is 9.79 Å². The second-order valence-electron chi connectivity index (χ2n) is 2.25. The average molecular weight is 166 g/mol. The normalized spacial score (nSPS) is 15.5. The molecule has 0 saturated heterocycles. The fourth-order valence-electron chi connectivity index (χ4n) is 1.03. The molecule has 3 heteroatoms. The summed E-state index contributed by atoms with van der Waals surface area (Å²) >= 11 is 3.91. The summed E-state index contributed by atoms with van der Waals surface area (Å²) in [5.41, 5.74) is 0. The smallest absolute Gasteiger partial charge is 0.160 e. The molecule has 0 bridgehead atoms. The van der Waals surface area contributed by atoms with E-state index in [1.54, 1.807) is 0 Å². The van der Waals surface area contributed by atoms with Gasteiger partial charge in [-0.25, -0.2) is 0 Å². The predicted octanol–water partition coefficient (Wildman–Crippen LogP) is 3.00. The zero-order valence-corrected chi connectivity index (χ0v) is 7.34. The van der Waals surface area contributed by atoms with E-state index in [2.05, 4.69) is 31.1 Å². The second kappa shape index (κ2) is 2.55. The average Bonchev–Trinajstić information content (AvgIpc) is 2.27. The van der Waals surface area contributed by atoms with Gasteiger partial charge in [-0.15, -0.1) is 0 Å². The van der Waals surface area contributed by atoms with Gasteiger partial charge in [-0.3, -0.25) is 0 Å². The molecule has 1 aromatic carbocycles. The van der Waals surface area contributed by atoms with Crippen LogP contribution in [0.2, 0.25) is 6.82 Å². The topological polar surface area (TPSA) is 0 Å². The van der Waals surface area contributed by atoms with Gasteiger partial charge in [0.2, 0.25) is 0 Å². The third kappa shape index (κ3) is 1.08. The summed E-state index contributed by atoms with van der Waals surface area (Å²) < 4.78 is 0. The van der Waals surface area contributed by atoms with Crippen LogP contribution < -0.4 is 0 Å². The zero-order valence-electron chi connectivity index (χ0n) is 5.70. The first-order valence-corrected chi connectivity index (χ1v) is 5.04. The van der Waals surface area contributed by atoms with Crippen LogP contribution in [0.25, 0.3) is 0 Å². The summed E-state index contributed by atoms with van der Waals surface area (Å²) in [6, 6.07) is 8.59. The molecule has 0 saturated carbocycles. The van der Waals surface area contributed by atoms with Gasteiger partial charge in [0.05, 0.1) is 0 Å². The minimum absolute atomic E-state index is 0.706. The van der Waals surface area contributed by atoms with Crippen molar-refractivity contribution in [2.75, 3.05) is 0 Å². The van der Waals surface area contributed by atoms with Crippen LogP contribution in [0.5, 0.6) is 0 Å². The first kappa shape index (κ1) is 6.68. The first-order valence-electron chi connectivity index (χ1n) is 3.28. The summed E-state index contributed by atoms with van der Waals surface area (Å²) in [5, 5.41) is 0.706. The first-order chi connectivity index (χ1) is 4.86. The maximum Gasteiger partial charge on any atom is 0.282 e. The van der Waals surface area contributed by atoms with Crippen LogP contribution in [-0.2, 0) is 0 Å². The van der Waals surface area contributed by atoms with E-state index in [0.717, 1.165) is 0 Å². The lowest BCUT2D eigenvalue weighted by atomic mass is 10.2. The lowest BCUT2D eigenvalue weighted by molar-refractivity contribution is 1.27. The van der Waals surface area contributed by atoms with Gasteiger partial charge in [-0.2, -0.15) is 23.2 Å². The van der Waals surface area contributed by atoms with Crippen LogP contribution in [-0.4, -0.2) is 5.27 Å². The highest BCUT2D eigenvalue weighted by atomic mass is 32.2. The van der Waals surface area contributed by atoms with Crippen LogP contribution in [0.4, 0.5) is 0 Å². The van der Waals surface area contributed by atoms with Crippen molar-refractivity contribution in [2.24, 2.45) is 0 Å². The van der Waals surface area contributed by atoms with Crippen molar-refractivity contribution in [3.8, 4) is 0 Å². The van der Waals surface area contributed by atoms with Gasteiger partial charge in [0.15, 0.2) is 0 Å². The molecule has 0 nitrogen and oxygen atoms in total. The summed E-state index contributed by atoms with van der Waals surface area (Å²) in [7, 11) is 0. The van der Waals surface area contributed by atoms with Crippen molar-refractivity contribution in [1.29, 1.82) is 0 Å². The van der Waals surface area contributed by atoms with E-state index in [4.69, 9.17) is 0 Å². The van der Waals surface area contributed by atoms with E-state index in [9.17, 15) is 0 Å². The summed E-state index contributed by atoms with van der Waals surface area (Å²) in [6.45, 7) is 2.25. The maximum absolute atomic E-state index is 2.25. The molecule has 1 aliphatic heterocycles. The quantitative estimate of drug-likeness (QED) is 0.543. The van der Waals surface area contributed by atoms with Gasteiger partial charge < -0.3 is 0 Å². The van der Waals surface area contributed by atoms with Crippen molar-refractivity contribution < 1.29 is 0 Å². The second-order valence-corrected chi connectivity index (χ2v) is 5.31. The Hall–Kier alpha value is -0.0151. The lowest BCUT2D eigenvalue weighted by Crippen LogP contribution is -1.83. The molecule has 0 aliphatic carbocycles. The van der Waals surface area contributed by atoms with Crippen LogP contribution >= 0.6 is 23.2 Å². The number of fused-ring (bicyclic) bond motifs is 1. The van der Waals surface area contributed by atoms with Crippen molar-refractivity contribution >= 4 is 28.5 Å². The third-order valence-corrected chi connectivity index (χ3v) is 4.03. The van der Waals surface area contributed by atoms with E-state index in [0.29, 0.717) is 5.27 Å². The molecular formula is C7H7BS2. The fourth-order valence-corrected chi connectivity index (χ4v) is 3.53. The van der Waals surface area contributed by atoms with Gasteiger partial charge in [-0.1, -0.05) is 19.0 Å². The molecule has 0 amide bonds. The lowest BCUT2D eigenvalue weighted by Gasteiger charge is -1.92. The van der Waals surface area contributed by atoms with Crippen LogP contribution in [0.15, 0.2) is 34.1 Å². The van der Waals surface area contributed by atoms with Crippen LogP contribution in [0.3, 0.4) is 0 Å². The van der Waals surface area contributed by atoms with Crippen molar-refractivity contribution in [3.05, 3.63) is 24.3 Å². The number of rotatable bonds is 0. The molecule has 0 N–H and O–H groups in total. The highest BCUT2D eigenvalue weighted by Crippen LogP contribution is 2.44. The minimum Gasteiger partial charge on any atom is -0.160 e. The van der Waals surface area contributed by atoms with Crippen molar-refractivity contribution in [3.63, 3.8) is 0 Å². The predicted molar refractivity (Wildman–Crippen MR) is 49.8 cm³/mol. The van der Waals surface area contributed by atoms with E-state index in [-0.39, 0.29) is 0 Å². The molecular weight excluding hydrogens is 159 g/mol. The Morgan fingerprint density at radius 3 is 2.10 bits per heavy atom. The standard InChI is InChI=1S/C7H7BS2/c1-8-9-6-4-2-3-5-7(6)10-8/h2-5H,1H3. The van der Waals surface area contributed by atoms with E-state index < -0.39 is 0 Å². The van der Waals surface area contributed by atoms with Gasteiger partial charge in [0.25, 0.3) is 5.27 Å². The van der Waals surface area contributed by atoms with E-state index >= 15 is 0 Å². The highest BCUT2D eigenvalue weighted by molar-refractivity contribution is 8.56.